The largest absolute Gasteiger partial charge is 0.435 e. The van der Waals surface area contributed by atoms with Crippen LogP contribution in [0.2, 0.25) is 0 Å². The summed E-state index contributed by atoms with van der Waals surface area (Å²) in [6.45, 7) is -2.21. The van der Waals surface area contributed by atoms with Crippen LogP contribution in [-0.4, -0.2) is 16.2 Å². The fourth-order valence-electron chi connectivity index (χ4n) is 1.22. The van der Waals surface area contributed by atoms with Crippen LogP contribution in [0.5, 0.6) is 5.75 Å². The number of ether oxygens (including phenoxy) is 1. The lowest BCUT2D eigenvalue weighted by Crippen LogP contribution is -2.02. The number of aromatic nitrogens is 2. The molecule has 2 aromatic rings. The Bertz CT molecular complexity index is 447. The van der Waals surface area contributed by atoms with Crippen molar-refractivity contribution in [2.75, 3.05) is 5.32 Å². The van der Waals surface area contributed by atoms with Crippen LogP contribution in [-0.2, 0) is 6.54 Å². The van der Waals surface area contributed by atoms with Crippen molar-refractivity contribution < 1.29 is 13.5 Å². The second-order valence-electron chi connectivity index (χ2n) is 3.16. The predicted molar refractivity (Wildman–Crippen MR) is 60.3 cm³/mol. The molecule has 0 radical (unpaired) electrons. The first-order chi connectivity index (χ1) is 8.24. The minimum atomic E-state index is -2.79. The maximum atomic E-state index is 11.9. The van der Waals surface area contributed by atoms with Gasteiger partial charge in [-0.15, -0.1) is 5.10 Å². The highest BCUT2D eigenvalue weighted by atomic mass is 32.1. The summed E-state index contributed by atoms with van der Waals surface area (Å²) in [6, 6.07) is 6.46. The van der Waals surface area contributed by atoms with Crippen molar-refractivity contribution in [3.63, 3.8) is 0 Å². The molecular weight excluding hydrogens is 248 g/mol. The van der Waals surface area contributed by atoms with Gasteiger partial charge in [0.2, 0.25) is 0 Å². The third kappa shape index (κ3) is 3.63. The molecule has 7 heteroatoms. The van der Waals surface area contributed by atoms with E-state index in [1.807, 2.05) is 0 Å². The molecule has 17 heavy (non-hydrogen) atoms. The van der Waals surface area contributed by atoms with Gasteiger partial charge in [0.1, 0.15) is 10.8 Å². The monoisotopic (exact) mass is 257 g/mol. The Hall–Kier alpha value is -1.76. The van der Waals surface area contributed by atoms with Gasteiger partial charge in [0.05, 0.1) is 6.20 Å². The molecule has 0 saturated carbocycles. The van der Waals surface area contributed by atoms with Crippen molar-refractivity contribution in [3.8, 4) is 5.75 Å². The van der Waals surface area contributed by atoms with Crippen molar-refractivity contribution >= 4 is 16.5 Å². The number of hydrogen-bond donors (Lipinski definition) is 1. The van der Waals surface area contributed by atoms with Crippen molar-refractivity contribution in [2.24, 2.45) is 0 Å². The molecule has 0 amide bonds. The van der Waals surface area contributed by atoms with Gasteiger partial charge in [0.15, 0.2) is 0 Å². The number of alkyl halides is 2. The van der Waals surface area contributed by atoms with Crippen LogP contribution in [0.1, 0.15) is 5.56 Å². The van der Waals surface area contributed by atoms with E-state index >= 15 is 0 Å². The van der Waals surface area contributed by atoms with Gasteiger partial charge in [-0.05, 0) is 17.7 Å². The minimum absolute atomic E-state index is 0.156. The lowest BCUT2D eigenvalue weighted by Gasteiger charge is -2.06. The second kappa shape index (κ2) is 5.53. The molecule has 1 N–H and O–H groups in total. The van der Waals surface area contributed by atoms with Crippen LogP contribution < -0.4 is 10.1 Å². The number of anilines is 1. The minimum Gasteiger partial charge on any atom is -0.435 e. The van der Waals surface area contributed by atoms with E-state index in [1.165, 1.54) is 23.7 Å². The first-order valence-corrected chi connectivity index (χ1v) is 5.56. The van der Waals surface area contributed by atoms with Crippen LogP contribution in [0.25, 0.3) is 0 Å². The van der Waals surface area contributed by atoms with Crippen molar-refractivity contribution in [1.82, 2.24) is 9.59 Å². The van der Waals surface area contributed by atoms with E-state index in [-0.39, 0.29) is 5.75 Å². The predicted octanol–water partition coefficient (Wildman–Crippen LogP) is 2.75. The highest BCUT2D eigenvalue weighted by Gasteiger charge is 2.03. The SMILES string of the molecule is FC(F)Oc1ccc(CNc2cnns2)cc1. The Kier molecular flexibility index (Phi) is 3.81. The first kappa shape index (κ1) is 11.7. The van der Waals surface area contributed by atoms with Gasteiger partial charge in [-0.2, -0.15) is 8.78 Å². The Balaban J connectivity index is 1.89. The van der Waals surface area contributed by atoms with Gasteiger partial charge < -0.3 is 10.1 Å². The molecule has 0 atom stereocenters. The van der Waals surface area contributed by atoms with E-state index in [0.717, 1.165) is 10.6 Å². The molecule has 0 bridgehead atoms. The summed E-state index contributed by atoms with van der Waals surface area (Å²) in [4.78, 5) is 0. The lowest BCUT2D eigenvalue weighted by atomic mass is 10.2. The van der Waals surface area contributed by atoms with E-state index in [2.05, 4.69) is 19.6 Å². The van der Waals surface area contributed by atoms with E-state index in [9.17, 15) is 8.78 Å². The fourth-order valence-corrected chi connectivity index (χ4v) is 1.64. The maximum Gasteiger partial charge on any atom is 0.387 e. The van der Waals surface area contributed by atoms with Crippen molar-refractivity contribution in [1.29, 1.82) is 0 Å². The topological polar surface area (TPSA) is 47.0 Å². The Morgan fingerprint density at radius 1 is 1.29 bits per heavy atom. The number of hydrogen-bond acceptors (Lipinski definition) is 5. The highest BCUT2D eigenvalue weighted by molar-refractivity contribution is 7.09. The summed E-state index contributed by atoms with van der Waals surface area (Å²) in [5, 5.41) is 7.65. The smallest absolute Gasteiger partial charge is 0.387 e. The van der Waals surface area contributed by atoms with Crippen LogP contribution >= 0.6 is 11.5 Å². The van der Waals surface area contributed by atoms with Gasteiger partial charge in [0.25, 0.3) is 0 Å². The van der Waals surface area contributed by atoms with Crippen molar-refractivity contribution in [3.05, 3.63) is 36.0 Å². The summed E-state index contributed by atoms with van der Waals surface area (Å²) in [7, 11) is 0. The number of nitrogens with zero attached hydrogens (tertiary/aromatic N) is 2. The molecule has 0 aliphatic carbocycles. The van der Waals surface area contributed by atoms with Crippen molar-refractivity contribution in [2.45, 2.75) is 13.2 Å². The molecule has 0 spiro atoms. The standard InChI is InChI=1S/C10H9F2N3OS/c11-10(12)16-8-3-1-7(2-4-8)5-13-9-6-14-15-17-9/h1-4,6,10,13H,5H2. The Labute approximate surface area is 100 Å². The Morgan fingerprint density at radius 3 is 2.65 bits per heavy atom. The van der Waals surface area contributed by atoms with E-state index in [0.29, 0.717) is 6.54 Å². The molecule has 90 valence electrons. The van der Waals surface area contributed by atoms with Crippen LogP contribution in [0.15, 0.2) is 30.5 Å². The summed E-state index contributed by atoms with van der Waals surface area (Å²) < 4.78 is 31.8. The maximum absolute atomic E-state index is 11.9. The molecular formula is C10H9F2N3OS. The molecule has 2 rings (SSSR count). The van der Waals surface area contributed by atoms with Crippen LogP contribution in [0, 0.1) is 0 Å². The van der Waals surface area contributed by atoms with E-state index in [1.54, 1.807) is 18.3 Å². The van der Waals surface area contributed by atoms with E-state index in [4.69, 9.17) is 0 Å². The molecule has 1 aromatic carbocycles. The molecule has 0 aliphatic heterocycles. The zero-order valence-corrected chi connectivity index (χ0v) is 9.45. The summed E-state index contributed by atoms with van der Waals surface area (Å²) >= 11 is 1.26. The van der Waals surface area contributed by atoms with Gasteiger partial charge in [-0.3, -0.25) is 0 Å². The van der Waals surface area contributed by atoms with Gasteiger partial charge in [-0.1, -0.05) is 16.6 Å². The zero-order valence-electron chi connectivity index (χ0n) is 8.64. The molecule has 4 nitrogen and oxygen atoms in total. The molecule has 0 fully saturated rings. The number of rotatable bonds is 5. The van der Waals surface area contributed by atoms with Gasteiger partial charge in [-0.25, -0.2) is 0 Å². The zero-order chi connectivity index (χ0) is 12.1. The molecule has 0 unspecified atom stereocenters. The summed E-state index contributed by atoms with van der Waals surface area (Å²) in [5.41, 5.74) is 0.958. The average Bonchev–Trinajstić information content (AvgIpc) is 2.80. The quantitative estimate of drug-likeness (QED) is 0.894. The fraction of sp³-hybridized carbons (Fsp3) is 0.200. The normalized spacial score (nSPS) is 10.5. The molecule has 0 saturated heterocycles. The molecule has 1 heterocycles. The molecule has 0 aliphatic rings. The number of benzene rings is 1. The number of halogens is 2. The summed E-state index contributed by atoms with van der Waals surface area (Å²) in [5.74, 6) is 0.156. The average molecular weight is 257 g/mol. The molecule has 1 aromatic heterocycles. The van der Waals surface area contributed by atoms with Gasteiger partial charge >= 0.3 is 6.61 Å². The lowest BCUT2D eigenvalue weighted by molar-refractivity contribution is -0.0498. The van der Waals surface area contributed by atoms with E-state index < -0.39 is 6.61 Å². The Morgan fingerprint density at radius 2 is 2.06 bits per heavy atom. The summed E-state index contributed by atoms with van der Waals surface area (Å²) in [6.07, 6.45) is 1.62. The van der Waals surface area contributed by atoms with Crippen LogP contribution in [0.4, 0.5) is 13.8 Å². The van der Waals surface area contributed by atoms with Crippen LogP contribution in [0.3, 0.4) is 0 Å². The number of nitrogens with one attached hydrogen (secondary N) is 1. The third-order valence-corrected chi connectivity index (χ3v) is 2.60. The highest BCUT2D eigenvalue weighted by Crippen LogP contribution is 2.16. The first-order valence-electron chi connectivity index (χ1n) is 4.79. The van der Waals surface area contributed by atoms with Gasteiger partial charge in [0, 0.05) is 18.1 Å². The third-order valence-electron chi connectivity index (χ3n) is 1.98. The second-order valence-corrected chi connectivity index (χ2v) is 3.94.